The van der Waals surface area contributed by atoms with Gasteiger partial charge in [-0.05, 0) is 30.5 Å². The van der Waals surface area contributed by atoms with Crippen LogP contribution in [0.25, 0.3) is 11.3 Å². The summed E-state index contributed by atoms with van der Waals surface area (Å²) in [7, 11) is 1.97. The van der Waals surface area contributed by atoms with E-state index in [4.69, 9.17) is 4.98 Å². The number of hydrogen-bond acceptors (Lipinski definition) is 4. The molecule has 4 rings (SSSR count). The van der Waals surface area contributed by atoms with Crippen molar-refractivity contribution in [2.45, 2.75) is 25.5 Å². The lowest BCUT2D eigenvalue weighted by atomic mass is 10.1. The van der Waals surface area contributed by atoms with Crippen molar-refractivity contribution in [1.82, 2.24) is 9.88 Å². The lowest BCUT2D eigenvalue weighted by molar-refractivity contribution is 0.0547. The summed E-state index contributed by atoms with van der Waals surface area (Å²) in [4.78, 5) is 22.1. The number of anilines is 1. The van der Waals surface area contributed by atoms with Crippen LogP contribution in [0.5, 0.6) is 0 Å². The summed E-state index contributed by atoms with van der Waals surface area (Å²) >= 11 is 0. The number of aliphatic hydroxyl groups is 1. The maximum absolute atomic E-state index is 13.3. The number of hydrogen-bond donors (Lipinski definition) is 1. The van der Waals surface area contributed by atoms with Crippen LogP contribution >= 0.6 is 0 Å². The summed E-state index contributed by atoms with van der Waals surface area (Å²) in [5.74, 6) is 0.653. The van der Waals surface area contributed by atoms with E-state index in [1.54, 1.807) is 0 Å². The van der Waals surface area contributed by atoms with E-state index in [-0.39, 0.29) is 12.0 Å². The summed E-state index contributed by atoms with van der Waals surface area (Å²) in [6.45, 7) is 1.80. The maximum atomic E-state index is 13.3. The van der Waals surface area contributed by atoms with Gasteiger partial charge in [-0.1, -0.05) is 60.7 Å². The molecule has 5 nitrogen and oxygen atoms in total. The third kappa shape index (κ3) is 4.52. The fraction of sp³-hybridized carbons (Fsp3) is 0.280. The predicted molar refractivity (Wildman–Crippen MR) is 119 cm³/mol. The van der Waals surface area contributed by atoms with Crippen LogP contribution < -0.4 is 4.90 Å². The van der Waals surface area contributed by atoms with Crippen molar-refractivity contribution in [3.8, 4) is 11.3 Å². The maximum Gasteiger partial charge on any atom is 0.257 e. The van der Waals surface area contributed by atoms with E-state index in [0.29, 0.717) is 43.9 Å². The third-order valence-electron chi connectivity index (χ3n) is 5.55. The summed E-state index contributed by atoms with van der Waals surface area (Å²) in [6.07, 6.45) is 0.931. The van der Waals surface area contributed by atoms with Gasteiger partial charge < -0.3 is 14.9 Å². The minimum Gasteiger partial charge on any atom is -0.393 e. The first-order valence-electron chi connectivity index (χ1n) is 10.4. The number of benzene rings is 2. The molecule has 154 valence electrons. The Morgan fingerprint density at radius 1 is 1.00 bits per heavy atom. The van der Waals surface area contributed by atoms with Crippen molar-refractivity contribution in [2.24, 2.45) is 0 Å². The van der Waals surface area contributed by atoms with Crippen LogP contribution in [0.15, 0.2) is 72.8 Å². The van der Waals surface area contributed by atoms with Crippen LogP contribution in [0.4, 0.5) is 5.82 Å². The number of amides is 1. The van der Waals surface area contributed by atoms with Gasteiger partial charge in [-0.3, -0.25) is 4.79 Å². The Labute approximate surface area is 177 Å². The van der Waals surface area contributed by atoms with Crippen LogP contribution in [0.3, 0.4) is 0 Å². The Kier molecular flexibility index (Phi) is 6.10. The van der Waals surface area contributed by atoms with Gasteiger partial charge in [0.1, 0.15) is 5.82 Å². The van der Waals surface area contributed by atoms with Gasteiger partial charge in [0, 0.05) is 32.2 Å². The highest BCUT2D eigenvalue weighted by molar-refractivity contribution is 5.99. The molecule has 1 aromatic heterocycles. The molecule has 0 aliphatic carbocycles. The highest BCUT2D eigenvalue weighted by Crippen LogP contribution is 2.27. The number of carbonyl (C=O) groups is 1. The topological polar surface area (TPSA) is 56.7 Å². The monoisotopic (exact) mass is 401 g/mol. The number of carbonyl (C=O) groups excluding carboxylic acids is 1. The highest BCUT2D eigenvalue weighted by atomic mass is 16.3. The van der Waals surface area contributed by atoms with Crippen molar-refractivity contribution >= 4 is 11.7 Å². The van der Waals surface area contributed by atoms with Gasteiger partial charge in [-0.2, -0.15) is 0 Å². The van der Waals surface area contributed by atoms with Gasteiger partial charge in [-0.15, -0.1) is 0 Å². The summed E-state index contributed by atoms with van der Waals surface area (Å²) < 4.78 is 0. The average molecular weight is 402 g/mol. The van der Waals surface area contributed by atoms with Crippen LogP contribution in [0.1, 0.15) is 28.8 Å². The molecule has 30 heavy (non-hydrogen) atoms. The molecule has 0 radical (unpaired) electrons. The molecule has 0 saturated carbocycles. The molecule has 0 bridgehead atoms. The molecular formula is C25H27N3O2. The molecule has 0 unspecified atom stereocenters. The van der Waals surface area contributed by atoms with E-state index in [9.17, 15) is 9.90 Å². The summed E-state index contributed by atoms with van der Waals surface area (Å²) in [6, 6.07) is 24.0. The number of likely N-dealkylation sites (tertiary alicyclic amines) is 1. The smallest absolute Gasteiger partial charge is 0.257 e. The Balaban J connectivity index is 1.68. The molecule has 1 aliphatic rings. The number of aliphatic hydroxyl groups excluding tert-OH is 1. The van der Waals surface area contributed by atoms with Crippen LogP contribution in [-0.4, -0.2) is 47.1 Å². The number of piperidine rings is 1. The van der Waals surface area contributed by atoms with Crippen molar-refractivity contribution in [2.75, 3.05) is 25.0 Å². The second-order valence-electron chi connectivity index (χ2n) is 7.80. The van der Waals surface area contributed by atoms with E-state index in [2.05, 4.69) is 12.1 Å². The van der Waals surface area contributed by atoms with Gasteiger partial charge in [0.25, 0.3) is 5.91 Å². The third-order valence-corrected chi connectivity index (χ3v) is 5.55. The molecular weight excluding hydrogens is 374 g/mol. The molecule has 1 N–H and O–H groups in total. The standard InChI is InChI=1S/C25H27N3O2/c1-27(18-19-8-4-2-5-9-19)24-22(25(30)28-16-14-21(29)15-17-28)12-13-23(26-24)20-10-6-3-7-11-20/h2-13,21,29H,14-18H2,1H3. The van der Waals surface area contributed by atoms with Gasteiger partial charge in [0.2, 0.25) is 0 Å². The SMILES string of the molecule is CN(Cc1ccccc1)c1nc(-c2ccccc2)ccc1C(=O)N1CCC(O)CC1. The Hall–Kier alpha value is -3.18. The molecule has 0 spiro atoms. The van der Waals surface area contributed by atoms with Crippen molar-refractivity contribution in [3.05, 3.63) is 83.9 Å². The highest BCUT2D eigenvalue weighted by Gasteiger charge is 2.26. The van der Waals surface area contributed by atoms with Crippen molar-refractivity contribution < 1.29 is 9.90 Å². The van der Waals surface area contributed by atoms with E-state index in [1.165, 1.54) is 0 Å². The van der Waals surface area contributed by atoms with Gasteiger partial charge in [0.05, 0.1) is 17.4 Å². The first-order chi connectivity index (χ1) is 14.6. The Bertz CT molecular complexity index is 984. The molecule has 2 heterocycles. The quantitative estimate of drug-likeness (QED) is 0.703. The lowest BCUT2D eigenvalue weighted by Crippen LogP contribution is -2.40. The normalized spacial score (nSPS) is 14.5. The fourth-order valence-corrected chi connectivity index (χ4v) is 3.85. The van der Waals surface area contributed by atoms with E-state index in [1.807, 2.05) is 77.5 Å². The summed E-state index contributed by atoms with van der Waals surface area (Å²) in [5, 5.41) is 9.79. The minimum atomic E-state index is -0.312. The molecule has 1 fully saturated rings. The van der Waals surface area contributed by atoms with Crippen molar-refractivity contribution in [3.63, 3.8) is 0 Å². The van der Waals surface area contributed by atoms with Crippen LogP contribution in [0.2, 0.25) is 0 Å². The lowest BCUT2D eigenvalue weighted by Gasteiger charge is -2.31. The molecule has 5 heteroatoms. The van der Waals surface area contributed by atoms with Gasteiger partial charge in [0.15, 0.2) is 0 Å². The van der Waals surface area contributed by atoms with Gasteiger partial charge in [-0.25, -0.2) is 4.98 Å². The molecule has 3 aromatic rings. The zero-order valence-corrected chi connectivity index (χ0v) is 17.2. The summed E-state index contributed by atoms with van der Waals surface area (Å²) in [5.41, 5.74) is 3.62. The zero-order chi connectivity index (χ0) is 20.9. The molecule has 0 atom stereocenters. The second-order valence-corrected chi connectivity index (χ2v) is 7.80. The zero-order valence-electron chi connectivity index (χ0n) is 17.2. The van der Waals surface area contributed by atoms with Crippen molar-refractivity contribution in [1.29, 1.82) is 0 Å². The fourth-order valence-electron chi connectivity index (χ4n) is 3.85. The Morgan fingerprint density at radius 3 is 2.30 bits per heavy atom. The van der Waals surface area contributed by atoms with Crippen LogP contribution in [-0.2, 0) is 6.54 Å². The van der Waals surface area contributed by atoms with Crippen LogP contribution in [0, 0.1) is 0 Å². The molecule has 1 amide bonds. The number of rotatable bonds is 5. The second kappa shape index (κ2) is 9.09. The van der Waals surface area contributed by atoms with E-state index in [0.717, 1.165) is 16.8 Å². The molecule has 2 aromatic carbocycles. The first-order valence-corrected chi connectivity index (χ1v) is 10.4. The number of pyridine rings is 1. The molecule has 1 saturated heterocycles. The average Bonchev–Trinajstić information content (AvgIpc) is 2.80. The largest absolute Gasteiger partial charge is 0.393 e. The van der Waals surface area contributed by atoms with E-state index >= 15 is 0 Å². The molecule has 1 aliphatic heterocycles. The van der Waals surface area contributed by atoms with Gasteiger partial charge >= 0.3 is 0 Å². The van der Waals surface area contributed by atoms with E-state index < -0.39 is 0 Å². The predicted octanol–water partition coefficient (Wildman–Crippen LogP) is 3.98. The first kappa shape index (κ1) is 20.1. The minimum absolute atomic E-state index is 0.0241. The number of nitrogens with zero attached hydrogens (tertiary/aromatic N) is 3. The Morgan fingerprint density at radius 2 is 1.63 bits per heavy atom. The number of aromatic nitrogens is 1.